The minimum absolute atomic E-state index is 0.129. The molecule has 0 spiro atoms. The largest absolute Gasteiger partial charge is 0.383 e. The number of amidine groups is 1. The maximum atomic E-state index is 11.0. The maximum absolute atomic E-state index is 11.0. The number of rotatable bonds is 3. The lowest BCUT2D eigenvalue weighted by molar-refractivity contribution is -0.388. The normalized spacial score (nSPS) is 16.5. The van der Waals surface area contributed by atoms with Crippen molar-refractivity contribution in [2.75, 3.05) is 14.2 Å². The molecule has 0 atom stereocenters. The average Bonchev–Trinajstić information content (AvgIpc) is 2.63. The summed E-state index contributed by atoms with van der Waals surface area (Å²) in [5.74, 6) is -1.37. The molecule has 0 fully saturated rings. The molecule has 0 saturated heterocycles. The highest BCUT2D eigenvalue weighted by atomic mass is 16.7. The van der Waals surface area contributed by atoms with Crippen LogP contribution in [0.25, 0.3) is 0 Å². The van der Waals surface area contributed by atoms with E-state index in [1.807, 2.05) is 0 Å². The van der Waals surface area contributed by atoms with Gasteiger partial charge in [-0.25, -0.2) is 4.99 Å². The van der Waals surface area contributed by atoms with E-state index in [2.05, 4.69) is 4.99 Å². The van der Waals surface area contributed by atoms with Crippen molar-refractivity contribution in [3.05, 3.63) is 39.4 Å². The van der Waals surface area contributed by atoms with Crippen molar-refractivity contribution in [1.82, 2.24) is 0 Å². The van der Waals surface area contributed by atoms with Crippen LogP contribution < -0.4 is 5.73 Å². The highest BCUT2D eigenvalue weighted by Crippen LogP contribution is 2.41. The first-order chi connectivity index (χ1) is 8.05. The minimum Gasteiger partial charge on any atom is -0.383 e. The van der Waals surface area contributed by atoms with Crippen LogP contribution in [0.4, 0.5) is 5.69 Å². The van der Waals surface area contributed by atoms with Crippen LogP contribution in [0.1, 0.15) is 11.1 Å². The van der Waals surface area contributed by atoms with Gasteiger partial charge >= 0.3 is 5.91 Å². The van der Waals surface area contributed by atoms with E-state index in [0.29, 0.717) is 5.56 Å². The van der Waals surface area contributed by atoms with Crippen molar-refractivity contribution in [2.45, 2.75) is 5.91 Å². The molecule has 17 heavy (non-hydrogen) atoms. The number of nitro groups is 1. The standard InChI is InChI=1S/C10H11N3O4/c1-16-10(17-2)8-6(9(11)12-10)4-3-5-7(8)13(14)15/h3-5H,1-2H3,(H2,11,12). The van der Waals surface area contributed by atoms with Gasteiger partial charge in [0.25, 0.3) is 5.69 Å². The van der Waals surface area contributed by atoms with Crippen LogP contribution in [0.2, 0.25) is 0 Å². The summed E-state index contributed by atoms with van der Waals surface area (Å²) in [6.45, 7) is 0. The molecule has 0 saturated carbocycles. The lowest BCUT2D eigenvalue weighted by Gasteiger charge is -2.22. The molecule has 2 N–H and O–H groups in total. The number of nitrogens with two attached hydrogens (primary N) is 1. The number of hydrogen-bond donors (Lipinski definition) is 1. The van der Waals surface area contributed by atoms with Gasteiger partial charge in [0.15, 0.2) is 0 Å². The van der Waals surface area contributed by atoms with Gasteiger partial charge in [0.05, 0.1) is 4.92 Å². The second-order valence-electron chi connectivity index (χ2n) is 3.44. The third-order valence-corrected chi connectivity index (χ3v) is 2.65. The first kappa shape index (κ1) is 11.5. The van der Waals surface area contributed by atoms with E-state index in [1.54, 1.807) is 12.1 Å². The molecule has 1 aliphatic heterocycles. The van der Waals surface area contributed by atoms with Crippen LogP contribution >= 0.6 is 0 Å². The molecule has 0 aliphatic carbocycles. The Hall–Kier alpha value is -1.99. The summed E-state index contributed by atoms with van der Waals surface area (Å²) in [5.41, 5.74) is 6.27. The first-order valence-corrected chi connectivity index (χ1v) is 4.79. The minimum atomic E-state index is -1.52. The maximum Gasteiger partial charge on any atom is 0.306 e. The Labute approximate surface area is 97.0 Å². The second kappa shape index (κ2) is 3.79. The molecule has 7 heteroatoms. The van der Waals surface area contributed by atoms with Gasteiger partial charge in [0, 0.05) is 25.8 Å². The van der Waals surface area contributed by atoms with Gasteiger partial charge in [-0.2, -0.15) is 0 Å². The molecule has 0 unspecified atom stereocenters. The van der Waals surface area contributed by atoms with Gasteiger partial charge in [0.1, 0.15) is 11.4 Å². The Morgan fingerprint density at radius 1 is 1.41 bits per heavy atom. The van der Waals surface area contributed by atoms with Gasteiger partial charge < -0.3 is 15.2 Å². The predicted octanol–water partition coefficient (Wildman–Crippen LogP) is 0.717. The molecule has 1 aromatic carbocycles. The molecule has 90 valence electrons. The molecule has 0 radical (unpaired) electrons. The summed E-state index contributed by atoms with van der Waals surface area (Å²) < 4.78 is 10.3. The smallest absolute Gasteiger partial charge is 0.306 e. The van der Waals surface area contributed by atoms with Gasteiger partial charge in [-0.15, -0.1) is 0 Å². The molecule has 0 aromatic heterocycles. The molecule has 2 rings (SSSR count). The monoisotopic (exact) mass is 237 g/mol. The van der Waals surface area contributed by atoms with Crippen molar-refractivity contribution in [3.63, 3.8) is 0 Å². The van der Waals surface area contributed by atoms with E-state index >= 15 is 0 Å². The van der Waals surface area contributed by atoms with Gasteiger partial charge in [0.2, 0.25) is 0 Å². The summed E-state index contributed by atoms with van der Waals surface area (Å²) in [7, 11) is 2.71. The molecular weight excluding hydrogens is 226 g/mol. The number of ether oxygens (including phenoxy) is 2. The Morgan fingerprint density at radius 3 is 2.59 bits per heavy atom. The fourth-order valence-electron chi connectivity index (χ4n) is 1.89. The van der Waals surface area contributed by atoms with Crippen LogP contribution in [0.5, 0.6) is 0 Å². The van der Waals surface area contributed by atoms with E-state index in [-0.39, 0.29) is 17.1 Å². The fraction of sp³-hybridized carbons (Fsp3) is 0.300. The number of nitrogens with zero attached hydrogens (tertiary/aromatic N) is 2. The Kier molecular flexibility index (Phi) is 2.56. The van der Waals surface area contributed by atoms with Gasteiger partial charge in [-0.1, -0.05) is 12.1 Å². The number of nitro benzene ring substituents is 1. The van der Waals surface area contributed by atoms with Crippen molar-refractivity contribution < 1.29 is 14.4 Å². The summed E-state index contributed by atoms with van der Waals surface area (Å²) in [6, 6.07) is 4.54. The molecule has 1 heterocycles. The highest BCUT2D eigenvalue weighted by molar-refractivity contribution is 6.02. The quantitative estimate of drug-likeness (QED) is 0.474. The third kappa shape index (κ3) is 1.48. The zero-order chi connectivity index (χ0) is 12.6. The van der Waals surface area contributed by atoms with Gasteiger partial charge in [-0.05, 0) is 0 Å². The highest BCUT2D eigenvalue weighted by Gasteiger charge is 2.46. The SMILES string of the molecule is COC1(OC)N=C(N)c2cccc([N+](=O)[O-])c21. The first-order valence-electron chi connectivity index (χ1n) is 4.79. The average molecular weight is 237 g/mol. The zero-order valence-electron chi connectivity index (χ0n) is 9.34. The lowest BCUT2D eigenvalue weighted by Crippen LogP contribution is -2.27. The summed E-state index contributed by atoms with van der Waals surface area (Å²) in [5, 5.41) is 11.0. The van der Waals surface area contributed by atoms with Crippen molar-refractivity contribution in [2.24, 2.45) is 10.7 Å². The van der Waals surface area contributed by atoms with Crippen molar-refractivity contribution in [3.8, 4) is 0 Å². The summed E-state index contributed by atoms with van der Waals surface area (Å²) in [6.07, 6.45) is 0. The second-order valence-corrected chi connectivity index (χ2v) is 3.44. The molecule has 1 aliphatic rings. The van der Waals surface area contributed by atoms with Crippen LogP contribution in [0, 0.1) is 10.1 Å². The number of hydrogen-bond acceptors (Lipinski definition) is 6. The lowest BCUT2D eigenvalue weighted by atomic mass is 10.0. The zero-order valence-corrected chi connectivity index (χ0v) is 9.34. The van der Waals surface area contributed by atoms with Crippen LogP contribution in [0.15, 0.2) is 23.2 Å². The number of fused-ring (bicyclic) bond motifs is 1. The predicted molar refractivity (Wildman–Crippen MR) is 59.5 cm³/mol. The topological polar surface area (TPSA) is 100.0 Å². The summed E-state index contributed by atoms with van der Waals surface area (Å²) in [4.78, 5) is 14.5. The number of benzene rings is 1. The van der Waals surface area contributed by atoms with Crippen molar-refractivity contribution in [1.29, 1.82) is 0 Å². The molecule has 0 bridgehead atoms. The molecule has 1 aromatic rings. The molecule has 0 amide bonds. The van der Waals surface area contributed by atoms with E-state index in [4.69, 9.17) is 15.2 Å². The third-order valence-electron chi connectivity index (χ3n) is 2.65. The molecule has 7 nitrogen and oxygen atoms in total. The van der Waals surface area contributed by atoms with E-state index < -0.39 is 10.8 Å². The van der Waals surface area contributed by atoms with E-state index in [9.17, 15) is 10.1 Å². The number of methoxy groups -OCH3 is 2. The van der Waals surface area contributed by atoms with Crippen LogP contribution in [-0.2, 0) is 15.4 Å². The van der Waals surface area contributed by atoms with Gasteiger partial charge in [-0.3, -0.25) is 10.1 Å². The Balaban J connectivity index is 2.74. The Morgan fingerprint density at radius 2 is 2.06 bits per heavy atom. The fourth-order valence-corrected chi connectivity index (χ4v) is 1.89. The van der Waals surface area contributed by atoms with E-state index in [1.165, 1.54) is 20.3 Å². The van der Waals surface area contributed by atoms with Crippen LogP contribution in [0.3, 0.4) is 0 Å². The van der Waals surface area contributed by atoms with Crippen LogP contribution in [-0.4, -0.2) is 25.0 Å². The number of aliphatic imine (C=N–C) groups is 1. The molecular formula is C10H11N3O4. The van der Waals surface area contributed by atoms with Crippen molar-refractivity contribution >= 4 is 11.5 Å². The Bertz CT molecular complexity index is 508. The van der Waals surface area contributed by atoms with E-state index in [0.717, 1.165) is 0 Å². The summed E-state index contributed by atoms with van der Waals surface area (Å²) >= 11 is 0.